The maximum Gasteiger partial charge on any atom is 0.241 e. The van der Waals surface area contributed by atoms with Crippen LogP contribution in [0.5, 0.6) is 0 Å². The van der Waals surface area contributed by atoms with Gasteiger partial charge in [-0.1, -0.05) is 30.3 Å². The van der Waals surface area contributed by atoms with Crippen LogP contribution in [-0.2, 0) is 14.4 Å². The van der Waals surface area contributed by atoms with Gasteiger partial charge >= 0.3 is 0 Å². The second kappa shape index (κ2) is 8.87. The molecular formula is C22H26N4O3. The van der Waals surface area contributed by atoms with E-state index in [4.69, 9.17) is 0 Å². The molecule has 0 saturated heterocycles. The normalized spacial score (nSPS) is 17.2. The second-order valence-corrected chi connectivity index (χ2v) is 7.33. The van der Waals surface area contributed by atoms with E-state index in [0.717, 1.165) is 0 Å². The van der Waals surface area contributed by atoms with Gasteiger partial charge in [-0.25, -0.2) is 0 Å². The molecule has 7 heteroatoms. The van der Waals surface area contributed by atoms with Crippen molar-refractivity contribution < 1.29 is 14.4 Å². The maximum absolute atomic E-state index is 13.1. The standard InChI is InChI=1S/C22H26N4O3/c1-15-13-20(27)24-18-11-7-8-12-19(18)26(15)21(28)14-25(3)16(2)22(29)23-17-9-5-4-6-10-17/h4-12,15-16H,13-14H2,1-3H3,(H,23,29)(H,24,27)/t15-,16+/m1/s1. The predicted molar refractivity (Wildman–Crippen MR) is 114 cm³/mol. The Balaban J connectivity index is 1.71. The fourth-order valence-corrected chi connectivity index (χ4v) is 3.36. The van der Waals surface area contributed by atoms with E-state index in [-0.39, 0.29) is 36.7 Å². The van der Waals surface area contributed by atoms with Gasteiger partial charge in [-0.3, -0.25) is 19.3 Å². The number of carbonyl (C=O) groups is 3. The molecule has 0 aromatic heterocycles. The number of likely N-dealkylation sites (N-methyl/N-ethyl adjacent to an activating group) is 1. The van der Waals surface area contributed by atoms with Crippen molar-refractivity contribution in [2.75, 3.05) is 29.1 Å². The van der Waals surface area contributed by atoms with E-state index >= 15 is 0 Å². The smallest absolute Gasteiger partial charge is 0.241 e. The Bertz CT molecular complexity index is 900. The molecule has 0 fully saturated rings. The molecule has 3 rings (SSSR count). The number of para-hydroxylation sites is 3. The minimum absolute atomic E-state index is 0.0518. The van der Waals surface area contributed by atoms with Crippen molar-refractivity contribution in [1.29, 1.82) is 0 Å². The average molecular weight is 394 g/mol. The van der Waals surface area contributed by atoms with E-state index in [1.165, 1.54) is 0 Å². The van der Waals surface area contributed by atoms with E-state index in [9.17, 15) is 14.4 Å². The lowest BCUT2D eigenvalue weighted by atomic mass is 10.1. The topological polar surface area (TPSA) is 81.8 Å². The number of nitrogens with one attached hydrogen (secondary N) is 2. The third-order valence-electron chi connectivity index (χ3n) is 5.09. The molecule has 2 N–H and O–H groups in total. The number of nitrogens with zero attached hydrogens (tertiary/aromatic N) is 2. The summed E-state index contributed by atoms with van der Waals surface area (Å²) in [5.74, 6) is -0.472. The minimum atomic E-state index is -0.503. The third-order valence-corrected chi connectivity index (χ3v) is 5.09. The number of anilines is 3. The zero-order valence-corrected chi connectivity index (χ0v) is 16.9. The highest BCUT2D eigenvalue weighted by Gasteiger charge is 2.31. The summed E-state index contributed by atoms with van der Waals surface area (Å²) in [4.78, 5) is 41.1. The molecule has 1 aliphatic heterocycles. The molecule has 1 heterocycles. The van der Waals surface area contributed by atoms with Crippen molar-refractivity contribution in [2.24, 2.45) is 0 Å². The molecule has 29 heavy (non-hydrogen) atoms. The molecule has 2 atom stereocenters. The Morgan fingerprint density at radius 1 is 1.17 bits per heavy atom. The van der Waals surface area contributed by atoms with Crippen LogP contribution in [0.4, 0.5) is 17.1 Å². The highest BCUT2D eigenvalue weighted by atomic mass is 16.2. The van der Waals surface area contributed by atoms with Crippen LogP contribution in [0.1, 0.15) is 20.3 Å². The number of carbonyl (C=O) groups excluding carboxylic acids is 3. The first-order valence-corrected chi connectivity index (χ1v) is 9.64. The Morgan fingerprint density at radius 2 is 1.83 bits per heavy atom. The summed E-state index contributed by atoms with van der Waals surface area (Å²) in [7, 11) is 1.74. The molecule has 0 radical (unpaired) electrons. The molecule has 0 saturated carbocycles. The summed E-state index contributed by atoms with van der Waals surface area (Å²) < 4.78 is 0. The Labute approximate surface area is 170 Å². The van der Waals surface area contributed by atoms with Crippen molar-refractivity contribution >= 4 is 34.8 Å². The third kappa shape index (κ3) is 4.81. The molecule has 7 nitrogen and oxygen atoms in total. The van der Waals surface area contributed by atoms with E-state index < -0.39 is 6.04 Å². The van der Waals surface area contributed by atoms with Crippen molar-refractivity contribution in [2.45, 2.75) is 32.4 Å². The largest absolute Gasteiger partial charge is 0.325 e. The monoisotopic (exact) mass is 394 g/mol. The second-order valence-electron chi connectivity index (χ2n) is 7.33. The van der Waals surface area contributed by atoms with Crippen LogP contribution in [0.25, 0.3) is 0 Å². The molecule has 2 aromatic rings. The van der Waals surface area contributed by atoms with Gasteiger partial charge < -0.3 is 15.5 Å². The van der Waals surface area contributed by atoms with Crippen LogP contribution in [0.3, 0.4) is 0 Å². The van der Waals surface area contributed by atoms with Crippen LogP contribution in [0.15, 0.2) is 54.6 Å². The van der Waals surface area contributed by atoms with Gasteiger partial charge in [0.05, 0.1) is 24.0 Å². The molecule has 3 amide bonds. The van der Waals surface area contributed by atoms with Gasteiger partial charge in [0.25, 0.3) is 0 Å². The van der Waals surface area contributed by atoms with E-state index in [1.807, 2.05) is 55.5 Å². The zero-order chi connectivity index (χ0) is 21.0. The Morgan fingerprint density at radius 3 is 2.55 bits per heavy atom. The van der Waals surface area contributed by atoms with Gasteiger partial charge in [0.15, 0.2) is 0 Å². The molecule has 0 unspecified atom stereocenters. The van der Waals surface area contributed by atoms with Gasteiger partial charge in [-0.15, -0.1) is 0 Å². The van der Waals surface area contributed by atoms with Crippen molar-refractivity contribution in [3.63, 3.8) is 0 Å². The van der Waals surface area contributed by atoms with Crippen LogP contribution in [0, 0.1) is 0 Å². The minimum Gasteiger partial charge on any atom is -0.325 e. The summed E-state index contributed by atoms with van der Waals surface area (Å²) >= 11 is 0. The first-order valence-electron chi connectivity index (χ1n) is 9.64. The average Bonchev–Trinajstić information content (AvgIpc) is 2.82. The van der Waals surface area contributed by atoms with Crippen molar-refractivity contribution in [3.8, 4) is 0 Å². The van der Waals surface area contributed by atoms with Crippen LogP contribution < -0.4 is 15.5 Å². The highest BCUT2D eigenvalue weighted by Crippen LogP contribution is 2.31. The number of hydrogen-bond acceptors (Lipinski definition) is 4. The van der Waals surface area contributed by atoms with Gasteiger partial charge in [0.1, 0.15) is 0 Å². The molecule has 152 valence electrons. The van der Waals surface area contributed by atoms with Crippen molar-refractivity contribution in [1.82, 2.24) is 4.90 Å². The summed E-state index contributed by atoms with van der Waals surface area (Å²) in [6.45, 7) is 3.66. The summed E-state index contributed by atoms with van der Waals surface area (Å²) in [6, 6.07) is 15.7. The van der Waals surface area contributed by atoms with E-state index in [2.05, 4.69) is 10.6 Å². The van der Waals surface area contributed by atoms with Gasteiger partial charge in [0, 0.05) is 18.2 Å². The number of hydrogen-bond donors (Lipinski definition) is 2. The fraction of sp³-hybridized carbons (Fsp3) is 0.318. The van der Waals surface area contributed by atoms with Crippen LogP contribution >= 0.6 is 0 Å². The molecule has 2 aromatic carbocycles. The lowest BCUT2D eigenvalue weighted by Gasteiger charge is -2.31. The first-order chi connectivity index (χ1) is 13.9. The number of benzene rings is 2. The molecular weight excluding hydrogens is 368 g/mol. The van der Waals surface area contributed by atoms with Crippen LogP contribution in [0.2, 0.25) is 0 Å². The molecule has 0 spiro atoms. The fourth-order valence-electron chi connectivity index (χ4n) is 3.36. The molecule has 0 aliphatic carbocycles. The summed E-state index contributed by atoms with van der Waals surface area (Å²) in [6.07, 6.45) is 0.216. The lowest BCUT2D eigenvalue weighted by Crippen LogP contribution is -2.48. The molecule has 0 bridgehead atoms. The Hall–Kier alpha value is -3.19. The summed E-state index contributed by atoms with van der Waals surface area (Å²) in [5.41, 5.74) is 2.00. The number of rotatable bonds is 5. The maximum atomic E-state index is 13.1. The first kappa shape index (κ1) is 20.5. The van der Waals surface area contributed by atoms with Gasteiger partial charge in [-0.2, -0.15) is 0 Å². The predicted octanol–water partition coefficient (Wildman–Crippen LogP) is 2.71. The quantitative estimate of drug-likeness (QED) is 0.817. The van der Waals surface area contributed by atoms with Crippen molar-refractivity contribution in [3.05, 3.63) is 54.6 Å². The number of fused-ring (bicyclic) bond motifs is 1. The lowest BCUT2D eigenvalue weighted by molar-refractivity contribution is -0.123. The SMILES string of the molecule is C[C@@H]1CC(=O)Nc2ccccc2N1C(=O)CN(C)[C@@H](C)C(=O)Nc1ccccc1. The Kier molecular flexibility index (Phi) is 6.29. The van der Waals surface area contributed by atoms with E-state index in [1.54, 1.807) is 29.8 Å². The molecule has 1 aliphatic rings. The highest BCUT2D eigenvalue weighted by molar-refractivity contribution is 6.05. The van der Waals surface area contributed by atoms with Crippen LogP contribution in [-0.4, -0.2) is 48.3 Å². The summed E-state index contributed by atoms with van der Waals surface area (Å²) in [5, 5.41) is 5.70. The number of amides is 3. The van der Waals surface area contributed by atoms with Gasteiger partial charge in [-0.05, 0) is 45.2 Å². The van der Waals surface area contributed by atoms with E-state index in [0.29, 0.717) is 17.1 Å². The zero-order valence-electron chi connectivity index (χ0n) is 16.9. The van der Waals surface area contributed by atoms with Gasteiger partial charge in [0.2, 0.25) is 17.7 Å².